The highest BCUT2D eigenvalue weighted by Crippen LogP contribution is 2.22. The Morgan fingerprint density at radius 2 is 2.17 bits per heavy atom. The number of hydrogen-bond donors (Lipinski definition) is 2. The Morgan fingerprint density at radius 3 is 2.72 bits per heavy atom. The van der Waals surface area contributed by atoms with Crippen LogP contribution >= 0.6 is 27.3 Å². The van der Waals surface area contributed by atoms with Gasteiger partial charge in [0.2, 0.25) is 5.13 Å². The molecule has 0 aliphatic carbocycles. The van der Waals surface area contributed by atoms with Gasteiger partial charge in [-0.3, -0.25) is 4.72 Å². The molecular weight excluding hydrogens is 342 g/mol. The molecule has 2 heterocycles. The van der Waals surface area contributed by atoms with Crippen molar-refractivity contribution >= 4 is 48.2 Å². The van der Waals surface area contributed by atoms with Crippen LogP contribution in [0.3, 0.4) is 0 Å². The first kappa shape index (κ1) is 13.2. The molecule has 0 atom stereocenters. The van der Waals surface area contributed by atoms with Crippen LogP contribution in [0.4, 0.5) is 10.9 Å². The fraction of sp³-hybridized carbons (Fsp3) is 0.125. The van der Waals surface area contributed by atoms with Gasteiger partial charge < -0.3 is 5.73 Å². The van der Waals surface area contributed by atoms with E-state index in [-0.39, 0.29) is 15.3 Å². The molecule has 96 valence electrons. The molecule has 2 aromatic rings. The predicted molar refractivity (Wildman–Crippen MR) is 71.8 cm³/mol. The van der Waals surface area contributed by atoms with E-state index in [4.69, 9.17) is 5.73 Å². The summed E-state index contributed by atoms with van der Waals surface area (Å²) in [5, 5.41) is 7.03. The lowest BCUT2D eigenvalue weighted by atomic mass is 10.3. The maximum atomic E-state index is 11.9. The average molecular weight is 350 g/mol. The maximum Gasteiger partial charge on any atom is 0.292 e. The highest BCUT2D eigenvalue weighted by molar-refractivity contribution is 9.10. The maximum absolute atomic E-state index is 11.9. The van der Waals surface area contributed by atoms with Gasteiger partial charge in [0, 0.05) is 10.7 Å². The van der Waals surface area contributed by atoms with E-state index in [1.807, 2.05) is 6.92 Å². The molecule has 2 aromatic heterocycles. The molecule has 2 rings (SSSR count). The highest BCUT2D eigenvalue weighted by Gasteiger charge is 2.20. The van der Waals surface area contributed by atoms with Crippen molar-refractivity contribution < 1.29 is 8.42 Å². The van der Waals surface area contributed by atoms with Gasteiger partial charge in [0.25, 0.3) is 14.4 Å². The number of nitrogen functional groups attached to an aromatic ring is 1. The normalized spacial score (nSPS) is 11.4. The standard InChI is InChI=1S/C8H8BrN5O2S2/c1-4-2-6(11-3-5(4)9)14-18(15,16)8-13-12-7(10)17-8/h2-3H,1H3,(H2,10,12)(H,11,14). The minimum atomic E-state index is -3.79. The van der Waals surface area contributed by atoms with E-state index in [1.54, 1.807) is 6.07 Å². The molecule has 0 aromatic carbocycles. The average Bonchev–Trinajstić information content (AvgIpc) is 2.71. The SMILES string of the molecule is Cc1cc(NS(=O)(=O)c2nnc(N)s2)ncc1Br. The zero-order valence-corrected chi connectivity index (χ0v) is 12.3. The lowest BCUT2D eigenvalue weighted by Gasteiger charge is -2.05. The molecule has 18 heavy (non-hydrogen) atoms. The first-order valence-corrected chi connectivity index (χ1v) is 7.72. The number of rotatable bonds is 3. The minimum absolute atomic E-state index is 0.0929. The van der Waals surface area contributed by atoms with Crippen molar-refractivity contribution in [3.8, 4) is 0 Å². The minimum Gasteiger partial charge on any atom is -0.374 e. The molecule has 0 aliphatic rings. The van der Waals surface area contributed by atoms with Crippen molar-refractivity contribution in [1.82, 2.24) is 15.2 Å². The van der Waals surface area contributed by atoms with E-state index in [9.17, 15) is 8.42 Å². The summed E-state index contributed by atoms with van der Waals surface area (Å²) < 4.78 is 26.7. The molecule has 3 N–H and O–H groups in total. The molecule has 0 radical (unpaired) electrons. The lowest BCUT2D eigenvalue weighted by molar-refractivity contribution is 0.599. The summed E-state index contributed by atoms with van der Waals surface area (Å²) in [4.78, 5) is 3.94. The summed E-state index contributed by atoms with van der Waals surface area (Å²) >= 11 is 4.07. The van der Waals surface area contributed by atoms with E-state index < -0.39 is 10.0 Å². The molecule has 0 spiro atoms. The van der Waals surface area contributed by atoms with E-state index in [0.29, 0.717) is 0 Å². The van der Waals surface area contributed by atoms with Crippen LogP contribution in [0.5, 0.6) is 0 Å². The number of hydrogen-bond acceptors (Lipinski definition) is 7. The number of anilines is 2. The summed E-state index contributed by atoms with van der Waals surface area (Å²) in [7, 11) is -3.79. The molecule has 0 amide bonds. The van der Waals surface area contributed by atoms with Crippen molar-refractivity contribution in [2.75, 3.05) is 10.5 Å². The number of nitrogens with zero attached hydrogens (tertiary/aromatic N) is 3. The number of halogens is 1. The van der Waals surface area contributed by atoms with Crippen molar-refractivity contribution in [2.45, 2.75) is 11.3 Å². The summed E-state index contributed by atoms with van der Waals surface area (Å²) in [5.74, 6) is 0.212. The van der Waals surface area contributed by atoms with Crippen molar-refractivity contribution in [3.05, 3.63) is 22.3 Å². The van der Waals surface area contributed by atoms with E-state index in [2.05, 4.69) is 35.8 Å². The Kier molecular flexibility index (Phi) is 3.50. The quantitative estimate of drug-likeness (QED) is 0.865. The second kappa shape index (κ2) is 4.78. The van der Waals surface area contributed by atoms with Crippen LogP contribution in [-0.2, 0) is 10.0 Å². The van der Waals surface area contributed by atoms with Crippen LogP contribution in [0.1, 0.15) is 5.56 Å². The summed E-state index contributed by atoms with van der Waals surface area (Å²) in [5.41, 5.74) is 6.20. The fourth-order valence-electron chi connectivity index (χ4n) is 1.11. The fourth-order valence-corrected chi connectivity index (χ4v) is 3.11. The Morgan fingerprint density at radius 1 is 1.44 bits per heavy atom. The summed E-state index contributed by atoms with van der Waals surface area (Å²) in [6.45, 7) is 1.83. The molecule has 10 heteroatoms. The van der Waals surface area contributed by atoms with Gasteiger partial charge in [-0.05, 0) is 34.5 Å². The number of sulfonamides is 1. The van der Waals surface area contributed by atoms with Crippen LogP contribution in [0.2, 0.25) is 0 Å². The van der Waals surface area contributed by atoms with Gasteiger partial charge in [-0.1, -0.05) is 11.3 Å². The third-order valence-corrected chi connectivity index (χ3v) is 5.24. The Balaban J connectivity index is 2.30. The third-order valence-electron chi connectivity index (χ3n) is 1.94. The second-order valence-corrected chi connectivity index (χ2v) is 7.05. The van der Waals surface area contributed by atoms with Crippen molar-refractivity contribution in [2.24, 2.45) is 0 Å². The Bertz CT molecular complexity index is 685. The van der Waals surface area contributed by atoms with E-state index in [0.717, 1.165) is 21.4 Å². The third kappa shape index (κ3) is 2.76. The first-order chi connectivity index (χ1) is 8.38. The van der Waals surface area contributed by atoms with Gasteiger partial charge in [-0.25, -0.2) is 4.98 Å². The molecule has 0 saturated carbocycles. The van der Waals surface area contributed by atoms with E-state index >= 15 is 0 Å². The molecule has 0 unspecified atom stereocenters. The van der Waals surface area contributed by atoms with Crippen LogP contribution < -0.4 is 10.5 Å². The second-order valence-electron chi connectivity index (χ2n) is 3.33. The number of aromatic nitrogens is 3. The van der Waals surface area contributed by atoms with Crippen LogP contribution in [0, 0.1) is 6.92 Å². The van der Waals surface area contributed by atoms with Gasteiger partial charge in [0.05, 0.1) is 0 Å². The number of nitrogens with two attached hydrogens (primary N) is 1. The highest BCUT2D eigenvalue weighted by atomic mass is 79.9. The van der Waals surface area contributed by atoms with E-state index in [1.165, 1.54) is 6.20 Å². The van der Waals surface area contributed by atoms with Crippen LogP contribution in [0.25, 0.3) is 0 Å². The zero-order chi connectivity index (χ0) is 13.3. The monoisotopic (exact) mass is 349 g/mol. The first-order valence-electron chi connectivity index (χ1n) is 4.62. The number of pyridine rings is 1. The molecule has 0 fully saturated rings. The Labute approximate surface area is 116 Å². The molecule has 0 aliphatic heterocycles. The number of aryl methyl sites for hydroxylation is 1. The van der Waals surface area contributed by atoms with Gasteiger partial charge in [-0.15, -0.1) is 10.2 Å². The smallest absolute Gasteiger partial charge is 0.292 e. The van der Waals surface area contributed by atoms with Crippen LogP contribution in [-0.4, -0.2) is 23.6 Å². The zero-order valence-electron chi connectivity index (χ0n) is 9.08. The van der Waals surface area contributed by atoms with Gasteiger partial charge in [-0.2, -0.15) is 8.42 Å². The van der Waals surface area contributed by atoms with Gasteiger partial charge in [0.15, 0.2) is 0 Å². The predicted octanol–water partition coefficient (Wildman–Crippen LogP) is 1.39. The lowest BCUT2D eigenvalue weighted by Crippen LogP contribution is -2.13. The summed E-state index contributed by atoms with van der Waals surface area (Å²) in [6.07, 6.45) is 1.52. The molecule has 7 nitrogen and oxygen atoms in total. The Hall–Kier alpha value is -1.26. The van der Waals surface area contributed by atoms with Crippen molar-refractivity contribution in [1.29, 1.82) is 0 Å². The van der Waals surface area contributed by atoms with Crippen LogP contribution in [0.15, 0.2) is 21.1 Å². The van der Waals surface area contributed by atoms with Gasteiger partial charge in [0.1, 0.15) is 5.82 Å². The number of nitrogens with one attached hydrogen (secondary N) is 1. The largest absolute Gasteiger partial charge is 0.374 e. The summed E-state index contributed by atoms with van der Waals surface area (Å²) in [6, 6.07) is 1.60. The van der Waals surface area contributed by atoms with Crippen molar-refractivity contribution in [3.63, 3.8) is 0 Å². The molecule has 0 bridgehead atoms. The van der Waals surface area contributed by atoms with Gasteiger partial charge >= 0.3 is 0 Å². The molecule has 0 saturated heterocycles. The molecular formula is C8H8BrN5O2S2. The topological polar surface area (TPSA) is 111 Å².